The molecule has 0 unspecified atom stereocenters. The van der Waals surface area contributed by atoms with E-state index in [0.717, 1.165) is 27.9 Å². The van der Waals surface area contributed by atoms with Crippen molar-refractivity contribution in [3.8, 4) is 11.1 Å². The van der Waals surface area contributed by atoms with E-state index in [9.17, 15) is 14.0 Å². The van der Waals surface area contributed by atoms with Gasteiger partial charge in [0.05, 0.1) is 0 Å². The van der Waals surface area contributed by atoms with E-state index in [-0.39, 0.29) is 5.82 Å². The van der Waals surface area contributed by atoms with E-state index in [4.69, 9.17) is 5.11 Å². The minimum absolute atomic E-state index is 0.296. The van der Waals surface area contributed by atoms with Crippen LogP contribution in [0, 0.1) is 5.82 Å². The van der Waals surface area contributed by atoms with Gasteiger partial charge in [0.25, 0.3) is 0 Å². The molecule has 1 aromatic heterocycles. The molecular formula is C25H22FN3O3. The molecular weight excluding hydrogens is 409 g/mol. The van der Waals surface area contributed by atoms with Crippen molar-refractivity contribution in [1.29, 1.82) is 0 Å². The van der Waals surface area contributed by atoms with Crippen molar-refractivity contribution in [2.24, 2.45) is 0 Å². The van der Waals surface area contributed by atoms with Crippen molar-refractivity contribution in [3.05, 3.63) is 83.9 Å². The Bertz CT molecular complexity index is 1140. The van der Waals surface area contributed by atoms with E-state index in [1.54, 1.807) is 12.4 Å². The van der Waals surface area contributed by atoms with Gasteiger partial charge >= 0.3 is 11.9 Å². The average Bonchev–Trinajstić information content (AvgIpc) is 2.83. The van der Waals surface area contributed by atoms with Gasteiger partial charge in [0, 0.05) is 44.3 Å². The predicted octanol–water partition coefficient (Wildman–Crippen LogP) is 3.79. The van der Waals surface area contributed by atoms with Crippen LogP contribution in [0.15, 0.2) is 67.0 Å². The number of nitrogens with zero attached hydrogens (tertiary/aromatic N) is 3. The number of carbonyl (C=O) groups excluding carboxylic acids is 1. The summed E-state index contributed by atoms with van der Waals surface area (Å²) in [6, 6.07) is 16.6. The van der Waals surface area contributed by atoms with Gasteiger partial charge in [0.15, 0.2) is 0 Å². The molecule has 2 heterocycles. The number of halogens is 1. The Morgan fingerprint density at radius 2 is 1.50 bits per heavy atom. The highest BCUT2D eigenvalue weighted by molar-refractivity contribution is 6.31. The normalized spacial score (nSPS) is 14.0. The third kappa shape index (κ3) is 5.00. The van der Waals surface area contributed by atoms with E-state index in [0.29, 0.717) is 26.2 Å². The van der Waals surface area contributed by atoms with Crippen molar-refractivity contribution >= 4 is 29.7 Å². The van der Waals surface area contributed by atoms with Gasteiger partial charge in [0.1, 0.15) is 5.82 Å². The lowest BCUT2D eigenvalue weighted by atomic mass is 10.0. The molecule has 1 aliphatic rings. The fraction of sp³-hybridized carbons (Fsp3) is 0.160. The van der Waals surface area contributed by atoms with E-state index in [2.05, 4.69) is 9.88 Å². The number of rotatable bonds is 4. The van der Waals surface area contributed by atoms with Crippen LogP contribution < -0.4 is 4.90 Å². The molecule has 3 aromatic rings. The van der Waals surface area contributed by atoms with Gasteiger partial charge in [-0.2, -0.15) is 0 Å². The molecule has 1 amide bonds. The first-order valence-electron chi connectivity index (χ1n) is 10.3. The molecule has 6 nitrogen and oxygen atoms in total. The first kappa shape index (κ1) is 21.2. The molecule has 0 aliphatic carbocycles. The van der Waals surface area contributed by atoms with Crippen LogP contribution in [-0.2, 0) is 9.59 Å². The summed E-state index contributed by atoms with van der Waals surface area (Å²) < 4.78 is 14.1. The van der Waals surface area contributed by atoms with Crippen molar-refractivity contribution in [3.63, 3.8) is 0 Å². The Morgan fingerprint density at radius 1 is 0.844 bits per heavy atom. The number of aliphatic carboxylic acids is 1. The van der Waals surface area contributed by atoms with Crippen LogP contribution in [0.4, 0.5) is 10.1 Å². The smallest absolute Gasteiger partial charge is 0.394 e. The molecule has 7 heteroatoms. The van der Waals surface area contributed by atoms with Gasteiger partial charge in [-0.25, -0.2) is 9.18 Å². The topological polar surface area (TPSA) is 73.7 Å². The second-order valence-electron chi connectivity index (χ2n) is 7.52. The minimum Gasteiger partial charge on any atom is -0.474 e. The monoisotopic (exact) mass is 431 g/mol. The third-order valence-corrected chi connectivity index (χ3v) is 5.41. The first-order chi connectivity index (χ1) is 15.5. The Balaban J connectivity index is 1.42. The minimum atomic E-state index is -1.42. The number of aromatic nitrogens is 1. The zero-order chi connectivity index (χ0) is 22.5. The summed E-state index contributed by atoms with van der Waals surface area (Å²) in [4.78, 5) is 29.9. The summed E-state index contributed by atoms with van der Waals surface area (Å²) in [7, 11) is 0. The highest BCUT2D eigenvalue weighted by atomic mass is 19.1. The van der Waals surface area contributed by atoms with Crippen LogP contribution in [-0.4, -0.2) is 53.0 Å². The standard InChI is InChI=1S/C25H22FN3O3/c26-22-16-19(15-21(17-22)20-7-9-27-10-8-20)2-1-18-3-5-23(6-4-18)28-11-13-29(14-12-28)24(30)25(31)32/h1-10,15-17H,11-14H2,(H,31,32)/b2-1+. The highest BCUT2D eigenvalue weighted by Crippen LogP contribution is 2.23. The molecule has 0 bridgehead atoms. The summed E-state index contributed by atoms with van der Waals surface area (Å²) in [5.41, 5.74) is 4.45. The number of pyridine rings is 1. The fourth-order valence-corrected chi connectivity index (χ4v) is 3.71. The van der Waals surface area contributed by atoms with Gasteiger partial charge in [-0.1, -0.05) is 24.3 Å². The quantitative estimate of drug-likeness (QED) is 0.503. The van der Waals surface area contributed by atoms with Crippen LogP contribution in [0.2, 0.25) is 0 Å². The van der Waals surface area contributed by atoms with Gasteiger partial charge in [-0.15, -0.1) is 0 Å². The summed E-state index contributed by atoms with van der Waals surface area (Å²) >= 11 is 0. The van der Waals surface area contributed by atoms with Gasteiger partial charge < -0.3 is 14.9 Å². The van der Waals surface area contributed by atoms with Crippen LogP contribution in [0.1, 0.15) is 11.1 Å². The molecule has 0 radical (unpaired) electrons. The molecule has 0 atom stereocenters. The molecule has 1 aliphatic heterocycles. The number of carboxylic acid groups (broad SMARTS) is 1. The molecule has 1 N–H and O–H groups in total. The maximum Gasteiger partial charge on any atom is 0.394 e. The Kier molecular flexibility index (Phi) is 6.26. The SMILES string of the molecule is O=C(O)C(=O)N1CCN(c2ccc(/C=C/c3cc(F)cc(-c4ccncc4)c3)cc2)CC1. The second kappa shape index (κ2) is 9.43. The lowest BCUT2D eigenvalue weighted by Gasteiger charge is -2.35. The Labute approximate surface area is 185 Å². The highest BCUT2D eigenvalue weighted by Gasteiger charge is 2.25. The number of amides is 1. The van der Waals surface area contributed by atoms with E-state index in [1.165, 1.54) is 17.0 Å². The number of piperazine rings is 1. The van der Waals surface area contributed by atoms with Crippen molar-refractivity contribution in [2.75, 3.05) is 31.1 Å². The van der Waals surface area contributed by atoms with E-state index < -0.39 is 11.9 Å². The summed E-state index contributed by atoms with van der Waals surface area (Å²) in [5, 5.41) is 8.83. The molecule has 2 aromatic carbocycles. The molecule has 1 fully saturated rings. The summed E-state index contributed by atoms with van der Waals surface area (Å²) in [6.45, 7) is 1.92. The molecule has 0 saturated carbocycles. The number of carboxylic acids is 1. The van der Waals surface area contributed by atoms with Crippen molar-refractivity contribution in [1.82, 2.24) is 9.88 Å². The number of hydrogen-bond acceptors (Lipinski definition) is 4. The fourth-order valence-electron chi connectivity index (χ4n) is 3.71. The van der Waals surface area contributed by atoms with Gasteiger partial charge in [-0.3, -0.25) is 9.78 Å². The molecule has 0 spiro atoms. The van der Waals surface area contributed by atoms with Crippen molar-refractivity contribution in [2.45, 2.75) is 0 Å². The second-order valence-corrected chi connectivity index (χ2v) is 7.52. The Morgan fingerprint density at radius 3 is 2.16 bits per heavy atom. The molecule has 32 heavy (non-hydrogen) atoms. The molecule has 1 saturated heterocycles. The zero-order valence-corrected chi connectivity index (χ0v) is 17.3. The molecule has 4 rings (SSSR count). The lowest BCUT2D eigenvalue weighted by Crippen LogP contribution is -2.50. The van der Waals surface area contributed by atoms with Gasteiger partial charge in [0.2, 0.25) is 0 Å². The predicted molar refractivity (Wildman–Crippen MR) is 121 cm³/mol. The van der Waals surface area contributed by atoms with Crippen LogP contribution >= 0.6 is 0 Å². The van der Waals surface area contributed by atoms with Crippen molar-refractivity contribution < 1.29 is 19.1 Å². The Hall–Kier alpha value is -4.00. The maximum atomic E-state index is 14.1. The number of anilines is 1. The number of carbonyl (C=O) groups is 2. The third-order valence-electron chi connectivity index (χ3n) is 5.41. The molecule has 162 valence electrons. The first-order valence-corrected chi connectivity index (χ1v) is 10.3. The maximum absolute atomic E-state index is 14.1. The van der Waals surface area contributed by atoms with Crippen LogP contribution in [0.25, 0.3) is 23.3 Å². The lowest BCUT2D eigenvalue weighted by molar-refractivity contribution is -0.156. The zero-order valence-electron chi connectivity index (χ0n) is 17.3. The van der Waals surface area contributed by atoms with Gasteiger partial charge in [-0.05, 0) is 64.7 Å². The summed E-state index contributed by atoms with van der Waals surface area (Å²) in [6.07, 6.45) is 7.17. The number of benzene rings is 2. The van der Waals surface area contributed by atoms with E-state index in [1.807, 2.05) is 54.6 Å². The van der Waals surface area contributed by atoms with E-state index >= 15 is 0 Å². The van der Waals surface area contributed by atoms with Crippen LogP contribution in [0.3, 0.4) is 0 Å². The largest absolute Gasteiger partial charge is 0.474 e. The average molecular weight is 431 g/mol. The number of hydrogen-bond donors (Lipinski definition) is 1. The van der Waals surface area contributed by atoms with Crippen LogP contribution in [0.5, 0.6) is 0 Å². The summed E-state index contributed by atoms with van der Waals surface area (Å²) in [5.74, 6) is -2.56.